The Balaban J connectivity index is 2.27. The predicted octanol–water partition coefficient (Wildman–Crippen LogP) is 2.31. The molecular weight excluding hydrogens is 253 g/mol. The Hall–Kier alpha value is -0.970. The summed E-state index contributed by atoms with van der Waals surface area (Å²) < 4.78 is 4.91. The van der Waals surface area contributed by atoms with E-state index in [0.29, 0.717) is 22.3 Å². The molecule has 4 nitrogen and oxygen atoms in total. The molecule has 1 fully saturated rings. The zero-order chi connectivity index (χ0) is 11.7. The molecule has 0 radical (unpaired) electrons. The fraction of sp³-hybridized carbons (Fsp3) is 0.300. The van der Waals surface area contributed by atoms with Gasteiger partial charge in [0.25, 0.3) is 0 Å². The molecule has 1 amide bonds. The van der Waals surface area contributed by atoms with Gasteiger partial charge in [-0.1, -0.05) is 23.2 Å². The van der Waals surface area contributed by atoms with Gasteiger partial charge in [0.05, 0.1) is 18.8 Å². The number of anilines is 1. The first-order valence-corrected chi connectivity index (χ1v) is 5.41. The van der Waals surface area contributed by atoms with Gasteiger partial charge in [-0.2, -0.15) is 0 Å². The highest BCUT2D eigenvalue weighted by molar-refractivity contribution is 6.35. The molecule has 0 aromatic heterocycles. The Labute approximate surface area is 102 Å². The summed E-state index contributed by atoms with van der Waals surface area (Å²) in [5.41, 5.74) is 0.568. The second kappa shape index (κ2) is 4.49. The molecule has 6 heteroatoms. The van der Waals surface area contributed by atoms with Gasteiger partial charge in [-0.3, -0.25) is 4.90 Å². The van der Waals surface area contributed by atoms with Crippen LogP contribution in [0.2, 0.25) is 10.0 Å². The Kier molecular flexibility index (Phi) is 3.23. The summed E-state index contributed by atoms with van der Waals surface area (Å²) in [5, 5.41) is 9.80. The lowest BCUT2D eigenvalue weighted by atomic mass is 10.3. The average molecular weight is 262 g/mol. The number of benzene rings is 1. The maximum atomic E-state index is 11.5. The van der Waals surface area contributed by atoms with E-state index in [-0.39, 0.29) is 6.61 Å². The molecule has 0 aliphatic carbocycles. The van der Waals surface area contributed by atoms with Gasteiger partial charge in [-0.25, -0.2) is 4.79 Å². The van der Waals surface area contributed by atoms with Crippen LogP contribution in [0.25, 0.3) is 0 Å². The van der Waals surface area contributed by atoms with Crippen LogP contribution in [0.4, 0.5) is 10.5 Å². The number of amides is 1. The number of ether oxygens (including phenoxy) is 1. The third kappa shape index (κ3) is 2.24. The Morgan fingerprint density at radius 1 is 1.38 bits per heavy atom. The highest BCUT2D eigenvalue weighted by Gasteiger charge is 2.31. The number of aliphatic hydroxyl groups is 1. The lowest BCUT2D eigenvalue weighted by molar-refractivity contribution is 0.0963. The molecule has 16 heavy (non-hydrogen) atoms. The quantitative estimate of drug-likeness (QED) is 0.889. The van der Waals surface area contributed by atoms with Gasteiger partial charge in [0.1, 0.15) is 6.10 Å². The first-order chi connectivity index (χ1) is 7.60. The largest absolute Gasteiger partial charge is 0.441 e. The minimum absolute atomic E-state index is 0.198. The zero-order valence-corrected chi connectivity index (χ0v) is 9.70. The number of nitrogens with zero attached hydrogens (tertiary/aromatic N) is 1. The van der Waals surface area contributed by atoms with Gasteiger partial charge >= 0.3 is 6.09 Å². The van der Waals surface area contributed by atoms with Crippen molar-refractivity contribution in [2.75, 3.05) is 18.1 Å². The van der Waals surface area contributed by atoms with Crippen molar-refractivity contribution in [1.29, 1.82) is 0 Å². The predicted molar refractivity (Wildman–Crippen MR) is 61.2 cm³/mol. The highest BCUT2D eigenvalue weighted by Crippen LogP contribution is 2.28. The number of hydrogen-bond donors (Lipinski definition) is 1. The number of rotatable bonds is 2. The van der Waals surface area contributed by atoms with Crippen molar-refractivity contribution in [2.45, 2.75) is 6.10 Å². The van der Waals surface area contributed by atoms with Gasteiger partial charge in [-0.15, -0.1) is 0 Å². The molecule has 0 bridgehead atoms. The third-order valence-electron chi connectivity index (χ3n) is 2.24. The van der Waals surface area contributed by atoms with Crippen LogP contribution < -0.4 is 4.90 Å². The summed E-state index contributed by atoms with van der Waals surface area (Å²) in [5.74, 6) is 0. The minimum atomic E-state index is -0.502. The van der Waals surface area contributed by atoms with Crippen LogP contribution in [0.15, 0.2) is 18.2 Å². The topological polar surface area (TPSA) is 49.8 Å². The van der Waals surface area contributed by atoms with Crippen molar-refractivity contribution in [3.63, 3.8) is 0 Å². The lowest BCUT2D eigenvalue weighted by Crippen LogP contribution is -2.25. The summed E-state index contributed by atoms with van der Waals surface area (Å²) >= 11 is 11.7. The first kappa shape index (κ1) is 11.5. The summed E-state index contributed by atoms with van der Waals surface area (Å²) in [4.78, 5) is 12.9. The molecular formula is C10H9Cl2NO3. The van der Waals surface area contributed by atoms with E-state index in [4.69, 9.17) is 33.0 Å². The van der Waals surface area contributed by atoms with E-state index in [9.17, 15) is 4.79 Å². The van der Waals surface area contributed by atoms with Gasteiger partial charge in [0.15, 0.2) is 0 Å². The number of carbonyl (C=O) groups excluding carboxylic acids is 1. The Bertz CT molecular complexity index is 404. The molecule has 1 aromatic carbocycles. The average Bonchev–Trinajstić information content (AvgIpc) is 2.58. The first-order valence-electron chi connectivity index (χ1n) is 4.65. The van der Waals surface area contributed by atoms with E-state index >= 15 is 0 Å². The minimum Gasteiger partial charge on any atom is -0.441 e. The standard InChI is InChI=1S/C10H9Cl2NO3/c11-6-1-7(12)3-8(2-6)13-4-9(5-14)16-10(13)15/h1-3,9,14H,4-5H2. The molecule has 1 aromatic rings. The van der Waals surface area contributed by atoms with E-state index in [2.05, 4.69) is 0 Å². The maximum absolute atomic E-state index is 11.5. The summed E-state index contributed by atoms with van der Waals surface area (Å²) in [6.07, 6.45) is -0.998. The Morgan fingerprint density at radius 2 is 2.00 bits per heavy atom. The number of halogens is 2. The third-order valence-corrected chi connectivity index (χ3v) is 2.67. The van der Waals surface area contributed by atoms with Gasteiger partial charge in [0, 0.05) is 10.0 Å². The molecule has 1 aliphatic rings. The van der Waals surface area contributed by atoms with Crippen molar-refractivity contribution in [1.82, 2.24) is 0 Å². The lowest BCUT2D eigenvalue weighted by Gasteiger charge is -2.13. The molecule has 2 rings (SSSR count). The fourth-order valence-corrected chi connectivity index (χ4v) is 2.04. The smallest absolute Gasteiger partial charge is 0.414 e. The Morgan fingerprint density at radius 3 is 2.50 bits per heavy atom. The van der Waals surface area contributed by atoms with Crippen LogP contribution in [-0.4, -0.2) is 30.5 Å². The number of hydrogen-bond acceptors (Lipinski definition) is 3. The normalized spacial score (nSPS) is 20.1. The van der Waals surface area contributed by atoms with Crippen LogP contribution in [-0.2, 0) is 4.74 Å². The maximum Gasteiger partial charge on any atom is 0.414 e. The number of aliphatic hydroxyl groups excluding tert-OH is 1. The number of carbonyl (C=O) groups is 1. The van der Waals surface area contributed by atoms with Crippen LogP contribution in [0.3, 0.4) is 0 Å². The van der Waals surface area contributed by atoms with E-state index in [1.54, 1.807) is 18.2 Å². The molecule has 0 spiro atoms. The van der Waals surface area contributed by atoms with Gasteiger partial charge < -0.3 is 9.84 Å². The van der Waals surface area contributed by atoms with E-state index in [0.717, 1.165) is 0 Å². The zero-order valence-electron chi connectivity index (χ0n) is 8.19. The molecule has 1 unspecified atom stereocenters. The molecule has 1 heterocycles. The summed E-state index contributed by atoms with van der Waals surface area (Å²) in [7, 11) is 0. The molecule has 1 atom stereocenters. The molecule has 1 saturated heterocycles. The van der Waals surface area contributed by atoms with Gasteiger partial charge in [-0.05, 0) is 18.2 Å². The highest BCUT2D eigenvalue weighted by atomic mass is 35.5. The molecule has 0 saturated carbocycles. The monoisotopic (exact) mass is 261 g/mol. The summed E-state index contributed by atoms with van der Waals surface area (Å²) in [6.45, 7) is 0.0997. The van der Waals surface area contributed by atoms with Crippen LogP contribution in [0.5, 0.6) is 0 Å². The summed E-state index contributed by atoms with van der Waals surface area (Å²) in [6, 6.07) is 4.82. The van der Waals surface area contributed by atoms with Crippen molar-refractivity contribution < 1.29 is 14.6 Å². The van der Waals surface area contributed by atoms with Crippen molar-refractivity contribution in [3.05, 3.63) is 28.2 Å². The van der Waals surface area contributed by atoms with Crippen molar-refractivity contribution in [3.8, 4) is 0 Å². The molecule has 1 N–H and O–H groups in total. The molecule has 1 aliphatic heterocycles. The fourth-order valence-electron chi connectivity index (χ4n) is 1.52. The molecule has 86 valence electrons. The SMILES string of the molecule is O=C1OC(CO)CN1c1cc(Cl)cc(Cl)c1. The van der Waals surface area contributed by atoms with E-state index in [1.807, 2.05) is 0 Å². The van der Waals surface area contributed by atoms with Crippen LogP contribution in [0.1, 0.15) is 0 Å². The van der Waals surface area contributed by atoms with Crippen molar-refractivity contribution in [2.24, 2.45) is 0 Å². The number of cyclic esters (lactones) is 1. The second-order valence-electron chi connectivity index (χ2n) is 3.43. The second-order valence-corrected chi connectivity index (χ2v) is 4.30. The van der Waals surface area contributed by atoms with Gasteiger partial charge in [0.2, 0.25) is 0 Å². The van der Waals surface area contributed by atoms with Crippen LogP contribution >= 0.6 is 23.2 Å². The van der Waals surface area contributed by atoms with Crippen molar-refractivity contribution >= 4 is 35.0 Å². The van der Waals surface area contributed by atoms with Crippen LogP contribution in [0, 0.1) is 0 Å². The van der Waals surface area contributed by atoms with E-state index in [1.165, 1.54) is 4.90 Å². The van der Waals surface area contributed by atoms with E-state index < -0.39 is 12.2 Å².